The van der Waals surface area contributed by atoms with E-state index in [0.717, 1.165) is 5.56 Å². The predicted molar refractivity (Wildman–Crippen MR) is 81.3 cm³/mol. The second-order valence-corrected chi connectivity index (χ2v) is 4.42. The average Bonchev–Trinajstić information content (AvgIpc) is 2.51. The van der Waals surface area contributed by atoms with E-state index in [1.165, 1.54) is 12.1 Å². The van der Waals surface area contributed by atoms with E-state index >= 15 is 0 Å². The average molecular weight is 282 g/mol. The quantitative estimate of drug-likeness (QED) is 0.828. The first-order chi connectivity index (χ1) is 10.2. The van der Waals surface area contributed by atoms with Gasteiger partial charge in [-0.05, 0) is 29.8 Å². The van der Waals surface area contributed by atoms with Crippen LogP contribution in [0.15, 0.2) is 48.5 Å². The van der Waals surface area contributed by atoms with Crippen LogP contribution in [0.1, 0.15) is 15.9 Å². The number of para-hydroxylation sites is 1. The lowest BCUT2D eigenvalue weighted by Gasteiger charge is -2.11. The molecule has 3 nitrogen and oxygen atoms in total. The molecule has 4 heteroatoms. The van der Waals surface area contributed by atoms with Crippen molar-refractivity contribution < 1.29 is 9.18 Å². The molecule has 0 aliphatic rings. The standard InChI is InChI=1S/C17H15FN2O/c1-2-10-19-17(21)15-8-3-4-9-16(15)20-12-13-6-5-7-14(18)11-13/h1,3-9,11,20H,10,12H2,(H,19,21). The highest BCUT2D eigenvalue weighted by atomic mass is 19.1. The van der Waals surface area contributed by atoms with Crippen molar-refractivity contribution in [2.75, 3.05) is 11.9 Å². The van der Waals surface area contributed by atoms with Gasteiger partial charge in [0.15, 0.2) is 0 Å². The Morgan fingerprint density at radius 2 is 2.00 bits per heavy atom. The van der Waals surface area contributed by atoms with Crippen molar-refractivity contribution >= 4 is 11.6 Å². The van der Waals surface area contributed by atoms with Gasteiger partial charge in [-0.15, -0.1) is 6.42 Å². The zero-order chi connectivity index (χ0) is 15.1. The topological polar surface area (TPSA) is 41.1 Å². The molecular weight excluding hydrogens is 267 g/mol. The number of anilines is 1. The molecule has 0 heterocycles. The van der Waals surface area contributed by atoms with Crippen molar-refractivity contribution in [2.45, 2.75) is 6.54 Å². The zero-order valence-corrected chi connectivity index (χ0v) is 11.4. The molecule has 2 rings (SSSR count). The Labute approximate surface area is 123 Å². The van der Waals surface area contributed by atoms with Crippen molar-refractivity contribution in [3.63, 3.8) is 0 Å². The van der Waals surface area contributed by atoms with E-state index in [4.69, 9.17) is 6.42 Å². The predicted octanol–water partition coefficient (Wildman–Crippen LogP) is 2.80. The third-order valence-corrected chi connectivity index (χ3v) is 2.89. The van der Waals surface area contributed by atoms with Crippen molar-refractivity contribution in [1.29, 1.82) is 0 Å². The van der Waals surface area contributed by atoms with E-state index in [1.54, 1.807) is 24.3 Å². The van der Waals surface area contributed by atoms with Gasteiger partial charge in [-0.1, -0.05) is 30.2 Å². The fraction of sp³-hybridized carbons (Fsp3) is 0.118. The number of nitrogens with one attached hydrogen (secondary N) is 2. The lowest BCUT2D eigenvalue weighted by molar-refractivity contribution is 0.0959. The normalized spacial score (nSPS) is 9.71. The highest BCUT2D eigenvalue weighted by molar-refractivity contribution is 5.99. The molecule has 2 N–H and O–H groups in total. The van der Waals surface area contributed by atoms with E-state index in [2.05, 4.69) is 16.6 Å². The third-order valence-electron chi connectivity index (χ3n) is 2.89. The summed E-state index contributed by atoms with van der Waals surface area (Å²) < 4.78 is 13.1. The van der Waals surface area contributed by atoms with E-state index < -0.39 is 0 Å². The Hall–Kier alpha value is -2.80. The molecule has 0 radical (unpaired) electrons. The van der Waals surface area contributed by atoms with Crippen LogP contribution < -0.4 is 10.6 Å². The van der Waals surface area contributed by atoms with Crippen LogP contribution in [0.4, 0.5) is 10.1 Å². The summed E-state index contributed by atoms with van der Waals surface area (Å²) in [6, 6.07) is 13.4. The van der Waals surface area contributed by atoms with Crippen molar-refractivity contribution in [3.05, 3.63) is 65.5 Å². The van der Waals surface area contributed by atoms with Crippen molar-refractivity contribution in [1.82, 2.24) is 5.32 Å². The molecule has 21 heavy (non-hydrogen) atoms. The van der Waals surface area contributed by atoms with Gasteiger partial charge in [0, 0.05) is 12.2 Å². The van der Waals surface area contributed by atoms with E-state index in [1.807, 2.05) is 12.1 Å². The minimum Gasteiger partial charge on any atom is -0.380 e. The molecule has 0 fully saturated rings. The van der Waals surface area contributed by atoms with Gasteiger partial charge in [0.2, 0.25) is 0 Å². The van der Waals surface area contributed by atoms with Crippen LogP contribution in [0, 0.1) is 18.2 Å². The highest BCUT2D eigenvalue weighted by Gasteiger charge is 2.09. The molecule has 0 saturated carbocycles. The Morgan fingerprint density at radius 3 is 2.76 bits per heavy atom. The Morgan fingerprint density at radius 1 is 1.19 bits per heavy atom. The SMILES string of the molecule is C#CCNC(=O)c1ccccc1NCc1cccc(F)c1. The number of halogens is 1. The molecule has 0 spiro atoms. The minimum atomic E-state index is -0.283. The van der Waals surface area contributed by atoms with Crippen molar-refractivity contribution in [3.8, 4) is 12.3 Å². The van der Waals surface area contributed by atoms with Crippen molar-refractivity contribution in [2.24, 2.45) is 0 Å². The van der Waals surface area contributed by atoms with Crippen LogP contribution in [0.25, 0.3) is 0 Å². The summed E-state index contributed by atoms with van der Waals surface area (Å²) in [6.07, 6.45) is 5.13. The first-order valence-corrected chi connectivity index (χ1v) is 6.49. The maximum absolute atomic E-state index is 13.1. The van der Waals surface area contributed by atoms with Gasteiger partial charge in [0.05, 0.1) is 12.1 Å². The highest BCUT2D eigenvalue weighted by Crippen LogP contribution is 2.16. The number of terminal acetylenes is 1. The summed E-state index contributed by atoms with van der Waals surface area (Å²) in [5.74, 6) is 1.83. The van der Waals surface area contributed by atoms with Gasteiger partial charge in [-0.3, -0.25) is 4.79 Å². The second-order valence-electron chi connectivity index (χ2n) is 4.42. The molecule has 0 bridgehead atoms. The number of benzene rings is 2. The summed E-state index contributed by atoms with van der Waals surface area (Å²) in [5, 5.41) is 5.76. The Kier molecular flexibility index (Phi) is 4.94. The fourth-order valence-electron chi connectivity index (χ4n) is 1.91. The molecule has 106 valence electrons. The first kappa shape index (κ1) is 14.6. The van der Waals surface area contributed by atoms with Crippen LogP contribution in [0.2, 0.25) is 0 Å². The largest absolute Gasteiger partial charge is 0.380 e. The van der Waals surface area contributed by atoms with Crippen LogP contribution >= 0.6 is 0 Å². The monoisotopic (exact) mass is 282 g/mol. The number of amides is 1. The smallest absolute Gasteiger partial charge is 0.254 e. The Balaban J connectivity index is 2.10. The summed E-state index contributed by atoms with van der Waals surface area (Å²) in [5.41, 5.74) is 1.98. The third kappa shape index (κ3) is 4.08. The number of carbonyl (C=O) groups excluding carboxylic acids is 1. The van der Waals surface area contributed by atoms with Gasteiger partial charge in [0.25, 0.3) is 5.91 Å². The summed E-state index contributed by atoms with van der Waals surface area (Å²) in [6.45, 7) is 0.605. The molecule has 0 aromatic heterocycles. The van der Waals surface area contributed by atoms with Crippen LogP contribution in [-0.4, -0.2) is 12.5 Å². The van der Waals surface area contributed by atoms with E-state index in [9.17, 15) is 9.18 Å². The fourth-order valence-corrected chi connectivity index (χ4v) is 1.91. The molecule has 0 aliphatic heterocycles. The van der Waals surface area contributed by atoms with Gasteiger partial charge in [0.1, 0.15) is 5.82 Å². The van der Waals surface area contributed by atoms with Gasteiger partial charge < -0.3 is 10.6 Å². The number of carbonyl (C=O) groups is 1. The van der Waals surface area contributed by atoms with Crippen LogP contribution in [0.5, 0.6) is 0 Å². The summed E-state index contributed by atoms with van der Waals surface area (Å²) in [4.78, 5) is 12.0. The first-order valence-electron chi connectivity index (χ1n) is 6.49. The maximum Gasteiger partial charge on any atom is 0.254 e. The van der Waals surface area contributed by atoms with E-state index in [0.29, 0.717) is 17.8 Å². The summed E-state index contributed by atoms with van der Waals surface area (Å²) >= 11 is 0. The second kappa shape index (κ2) is 7.11. The molecule has 2 aromatic rings. The lowest BCUT2D eigenvalue weighted by atomic mass is 10.1. The molecule has 1 amide bonds. The van der Waals surface area contributed by atoms with Gasteiger partial charge >= 0.3 is 0 Å². The van der Waals surface area contributed by atoms with Crippen LogP contribution in [0.3, 0.4) is 0 Å². The number of hydrogen-bond acceptors (Lipinski definition) is 2. The number of rotatable bonds is 5. The minimum absolute atomic E-state index is 0.178. The van der Waals surface area contributed by atoms with E-state index in [-0.39, 0.29) is 18.3 Å². The maximum atomic E-state index is 13.1. The van der Waals surface area contributed by atoms with Crippen LogP contribution in [-0.2, 0) is 6.54 Å². The zero-order valence-electron chi connectivity index (χ0n) is 11.4. The molecule has 0 aliphatic carbocycles. The van der Waals surface area contributed by atoms with Gasteiger partial charge in [-0.2, -0.15) is 0 Å². The molecule has 0 atom stereocenters. The lowest BCUT2D eigenvalue weighted by Crippen LogP contribution is -2.24. The summed E-state index contributed by atoms with van der Waals surface area (Å²) in [7, 11) is 0. The van der Waals surface area contributed by atoms with Gasteiger partial charge in [-0.25, -0.2) is 4.39 Å². The molecular formula is C17H15FN2O. The number of hydrogen-bond donors (Lipinski definition) is 2. The molecule has 2 aromatic carbocycles. The Bertz CT molecular complexity index is 676. The molecule has 0 unspecified atom stereocenters. The molecule has 0 saturated heterocycles.